The number of aromatic nitrogens is 2. The van der Waals surface area contributed by atoms with Crippen molar-refractivity contribution in [2.24, 2.45) is 14.1 Å². The average Bonchev–Trinajstić information content (AvgIpc) is 2.56. The van der Waals surface area contributed by atoms with Gasteiger partial charge in [0.05, 0.1) is 10.5 Å². The van der Waals surface area contributed by atoms with E-state index in [-0.39, 0.29) is 14.9 Å². The molecule has 0 radical (unpaired) electrons. The van der Waals surface area contributed by atoms with Crippen molar-refractivity contribution in [3.63, 3.8) is 0 Å². The lowest BCUT2D eigenvalue weighted by Crippen LogP contribution is -2.37. The predicted octanol–water partition coefficient (Wildman–Crippen LogP) is 1.95. The third-order valence-electron chi connectivity index (χ3n) is 3.34. The zero-order valence-electron chi connectivity index (χ0n) is 13.0. The van der Waals surface area contributed by atoms with E-state index in [2.05, 4.69) is 31.9 Å². The van der Waals surface area contributed by atoms with Crippen molar-refractivity contribution in [1.82, 2.24) is 9.13 Å². The first-order chi connectivity index (χ1) is 11.6. The second-order valence-corrected chi connectivity index (χ2v) is 8.70. The van der Waals surface area contributed by atoms with Gasteiger partial charge in [-0.2, -0.15) is 5.26 Å². The Morgan fingerprint density at radius 2 is 1.88 bits per heavy atom. The minimum Gasteiger partial charge on any atom is -0.303 e. The van der Waals surface area contributed by atoms with E-state index in [9.17, 15) is 23.3 Å². The number of benzene rings is 1. The van der Waals surface area contributed by atoms with Gasteiger partial charge in [-0.05, 0) is 40.2 Å². The molecule has 25 heavy (non-hydrogen) atoms. The molecule has 130 valence electrons. The number of rotatable bonds is 3. The molecule has 0 aliphatic rings. The van der Waals surface area contributed by atoms with Crippen LogP contribution in [-0.4, -0.2) is 17.6 Å². The van der Waals surface area contributed by atoms with Crippen molar-refractivity contribution in [3.05, 3.63) is 64.6 Å². The van der Waals surface area contributed by atoms with Gasteiger partial charge in [0.15, 0.2) is 0 Å². The normalized spacial score (nSPS) is 12.0. The number of sulfone groups is 1. The molecule has 1 heterocycles. The van der Waals surface area contributed by atoms with Gasteiger partial charge in [0.25, 0.3) is 5.56 Å². The van der Waals surface area contributed by atoms with Crippen molar-refractivity contribution in [2.45, 2.75) is 4.90 Å². The van der Waals surface area contributed by atoms with Crippen LogP contribution >= 0.6 is 31.9 Å². The van der Waals surface area contributed by atoms with Gasteiger partial charge in [-0.25, -0.2) is 13.2 Å². The molecular formula is C15H11Br2N3O4S. The third kappa shape index (κ3) is 3.68. The molecule has 0 spiro atoms. The van der Waals surface area contributed by atoms with Crippen molar-refractivity contribution >= 4 is 47.8 Å². The second kappa shape index (κ2) is 7.11. The Labute approximate surface area is 160 Å². The molecule has 0 saturated carbocycles. The van der Waals surface area contributed by atoms with Crippen molar-refractivity contribution in [2.75, 3.05) is 0 Å². The second-order valence-electron chi connectivity index (χ2n) is 5.04. The van der Waals surface area contributed by atoms with Crippen LogP contribution in [0.4, 0.5) is 0 Å². The Morgan fingerprint density at radius 1 is 1.24 bits per heavy atom. The molecule has 0 atom stereocenters. The van der Waals surface area contributed by atoms with Crippen LogP contribution in [0.25, 0.3) is 6.08 Å². The van der Waals surface area contributed by atoms with E-state index < -0.39 is 26.0 Å². The smallest absolute Gasteiger partial charge is 0.303 e. The highest BCUT2D eigenvalue weighted by molar-refractivity contribution is 9.11. The highest BCUT2D eigenvalue weighted by Gasteiger charge is 2.24. The molecule has 10 heteroatoms. The standard InChI is InChI=1S/C15H11Br2N3O4S/c1-19-8-9(14(21)20(2)15(19)22)5-11(7-18)25(23,24)13-6-10(16)3-4-12(13)17/h3-6,8H,1-2H3/b11-5+. The predicted molar refractivity (Wildman–Crippen MR) is 99.5 cm³/mol. The lowest BCUT2D eigenvalue weighted by molar-refractivity contribution is 0.603. The topological polar surface area (TPSA) is 102 Å². The van der Waals surface area contributed by atoms with Crippen LogP contribution in [0.3, 0.4) is 0 Å². The molecular weight excluding hydrogens is 478 g/mol. The van der Waals surface area contributed by atoms with Crippen LogP contribution in [-0.2, 0) is 23.9 Å². The summed E-state index contributed by atoms with van der Waals surface area (Å²) in [4.78, 5) is 23.1. The van der Waals surface area contributed by atoms with Crippen molar-refractivity contribution in [3.8, 4) is 6.07 Å². The van der Waals surface area contributed by atoms with E-state index in [0.717, 1.165) is 15.2 Å². The van der Waals surface area contributed by atoms with Gasteiger partial charge in [0, 0.05) is 29.2 Å². The van der Waals surface area contributed by atoms with Gasteiger partial charge >= 0.3 is 5.69 Å². The number of aryl methyl sites for hydroxylation is 1. The van der Waals surface area contributed by atoms with E-state index >= 15 is 0 Å². The highest BCUT2D eigenvalue weighted by atomic mass is 79.9. The van der Waals surface area contributed by atoms with E-state index in [1.165, 1.54) is 32.4 Å². The molecule has 7 nitrogen and oxygen atoms in total. The van der Waals surface area contributed by atoms with Gasteiger partial charge in [0.2, 0.25) is 9.84 Å². The van der Waals surface area contributed by atoms with Crippen molar-refractivity contribution in [1.29, 1.82) is 5.26 Å². The molecule has 0 unspecified atom stereocenters. The molecule has 2 aromatic rings. The number of halogens is 2. The Bertz CT molecular complexity index is 1150. The van der Waals surface area contributed by atoms with E-state index in [0.29, 0.717) is 4.47 Å². The lowest BCUT2D eigenvalue weighted by Gasteiger charge is -2.07. The lowest BCUT2D eigenvalue weighted by atomic mass is 10.3. The summed E-state index contributed by atoms with van der Waals surface area (Å²) < 4.78 is 28.3. The first-order valence-corrected chi connectivity index (χ1v) is 9.75. The molecule has 0 amide bonds. The molecule has 1 aromatic carbocycles. The molecule has 0 bridgehead atoms. The maximum absolute atomic E-state index is 12.8. The first kappa shape index (κ1) is 19.4. The maximum Gasteiger partial charge on any atom is 0.330 e. The van der Waals surface area contributed by atoms with Crippen LogP contribution in [0.15, 0.2) is 52.7 Å². The fraction of sp³-hybridized carbons (Fsp3) is 0.133. The number of nitrogens with zero attached hydrogens (tertiary/aromatic N) is 3. The zero-order valence-corrected chi connectivity index (χ0v) is 17.0. The molecule has 0 saturated heterocycles. The first-order valence-electron chi connectivity index (χ1n) is 6.68. The Morgan fingerprint density at radius 3 is 2.48 bits per heavy atom. The van der Waals surface area contributed by atoms with Crippen molar-refractivity contribution < 1.29 is 8.42 Å². The van der Waals surface area contributed by atoms with E-state index in [1.54, 1.807) is 12.1 Å². The minimum atomic E-state index is -4.17. The van der Waals surface area contributed by atoms with Gasteiger partial charge in [-0.15, -0.1) is 0 Å². The average molecular weight is 489 g/mol. The van der Waals surface area contributed by atoms with Gasteiger partial charge in [-0.1, -0.05) is 15.9 Å². The van der Waals surface area contributed by atoms with Crippen LogP contribution in [0.5, 0.6) is 0 Å². The summed E-state index contributed by atoms with van der Waals surface area (Å²) in [5.41, 5.74) is -1.34. The highest BCUT2D eigenvalue weighted by Crippen LogP contribution is 2.30. The molecule has 0 aliphatic heterocycles. The Kier molecular flexibility index (Phi) is 5.51. The zero-order chi connectivity index (χ0) is 18.9. The molecule has 2 rings (SSSR count). The van der Waals surface area contributed by atoms with Crippen LogP contribution in [0, 0.1) is 11.3 Å². The summed E-state index contributed by atoms with van der Waals surface area (Å²) in [5, 5.41) is 9.33. The van der Waals surface area contributed by atoms with Crippen LogP contribution in [0.1, 0.15) is 5.56 Å². The molecule has 0 aliphatic carbocycles. The number of allylic oxidation sites excluding steroid dienone is 1. The molecule has 0 N–H and O–H groups in total. The summed E-state index contributed by atoms with van der Waals surface area (Å²) >= 11 is 6.33. The number of hydrogen-bond acceptors (Lipinski definition) is 5. The molecule has 0 fully saturated rings. The number of nitriles is 1. The van der Waals surface area contributed by atoms with E-state index in [1.807, 2.05) is 0 Å². The van der Waals surface area contributed by atoms with E-state index in [4.69, 9.17) is 0 Å². The Hall–Kier alpha value is -1.96. The fourth-order valence-electron chi connectivity index (χ4n) is 2.05. The quantitative estimate of drug-likeness (QED) is 0.614. The van der Waals surface area contributed by atoms with Gasteiger partial charge in [-0.3, -0.25) is 9.36 Å². The monoisotopic (exact) mass is 487 g/mol. The summed E-state index contributed by atoms with van der Waals surface area (Å²) in [6, 6.07) is 6.13. The summed E-state index contributed by atoms with van der Waals surface area (Å²) in [5.74, 6) is 0. The largest absolute Gasteiger partial charge is 0.330 e. The Balaban J connectivity index is 2.75. The summed E-state index contributed by atoms with van der Waals surface area (Å²) in [7, 11) is -1.48. The van der Waals surface area contributed by atoms with Crippen LogP contribution < -0.4 is 11.2 Å². The van der Waals surface area contributed by atoms with Gasteiger partial charge < -0.3 is 4.57 Å². The SMILES string of the molecule is Cn1cc(/C=C(\C#N)S(=O)(=O)c2cc(Br)ccc2Br)c(=O)n(C)c1=O. The minimum absolute atomic E-state index is 0.0872. The van der Waals surface area contributed by atoms with Crippen LogP contribution in [0.2, 0.25) is 0 Å². The molecule has 1 aromatic heterocycles. The number of hydrogen-bond donors (Lipinski definition) is 0. The summed E-state index contributed by atoms with van der Waals surface area (Å²) in [6.07, 6.45) is 2.15. The van der Waals surface area contributed by atoms with Gasteiger partial charge in [0.1, 0.15) is 11.0 Å². The summed E-state index contributed by atoms with van der Waals surface area (Å²) in [6.45, 7) is 0. The fourth-order valence-corrected chi connectivity index (χ4v) is 4.69. The third-order valence-corrected chi connectivity index (χ3v) is 6.49. The maximum atomic E-state index is 12.8.